The molecule has 0 saturated carbocycles. The number of hydrogen-bond acceptors (Lipinski definition) is 3. The molecule has 1 heterocycles. The third-order valence-electron chi connectivity index (χ3n) is 1.62. The van der Waals surface area contributed by atoms with Gasteiger partial charge >= 0.3 is 0 Å². The molecule has 62 valence electrons. The lowest BCUT2D eigenvalue weighted by Crippen LogP contribution is -2.00. The van der Waals surface area contributed by atoms with Crippen LogP contribution >= 0.6 is 0 Å². The molecule has 0 aliphatic carbocycles. The number of hydrogen-bond donors (Lipinski definition) is 1. The van der Waals surface area contributed by atoms with Gasteiger partial charge in [0.1, 0.15) is 5.69 Å². The van der Waals surface area contributed by atoms with Crippen LogP contribution in [-0.2, 0) is 6.54 Å². The van der Waals surface area contributed by atoms with Crippen molar-refractivity contribution >= 4 is 5.69 Å². The summed E-state index contributed by atoms with van der Waals surface area (Å²) in [7, 11) is 1.60. The second-order valence-electron chi connectivity index (χ2n) is 2.32. The Labute approximate surface area is 66.0 Å². The van der Waals surface area contributed by atoms with E-state index in [-0.39, 0.29) is 0 Å². The van der Waals surface area contributed by atoms with E-state index < -0.39 is 0 Å². The van der Waals surface area contributed by atoms with Crippen molar-refractivity contribution in [1.29, 1.82) is 0 Å². The number of nitrogens with two attached hydrogens (primary N) is 1. The Morgan fingerprint density at radius 1 is 1.64 bits per heavy atom. The standard InChI is InChI=1S/C7H13N3O/c1-4-10-7(11-3)6(8)5(2)9-10/h4,8H2,1-3H3. The second kappa shape index (κ2) is 2.82. The molecule has 1 aromatic heterocycles. The average molecular weight is 155 g/mol. The van der Waals surface area contributed by atoms with Gasteiger partial charge in [-0.1, -0.05) is 0 Å². The Morgan fingerprint density at radius 3 is 2.64 bits per heavy atom. The van der Waals surface area contributed by atoms with Gasteiger partial charge in [-0.3, -0.25) is 0 Å². The van der Waals surface area contributed by atoms with Crippen molar-refractivity contribution in [3.05, 3.63) is 5.69 Å². The van der Waals surface area contributed by atoms with Gasteiger partial charge in [0.25, 0.3) is 0 Å². The lowest BCUT2D eigenvalue weighted by atomic mass is 10.4. The van der Waals surface area contributed by atoms with Gasteiger partial charge in [0.2, 0.25) is 5.88 Å². The van der Waals surface area contributed by atoms with Crippen LogP contribution in [0.4, 0.5) is 5.69 Å². The zero-order valence-corrected chi connectivity index (χ0v) is 7.09. The highest BCUT2D eigenvalue weighted by Gasteiger charge is 2.10. The number of anilines is 1. The number of ether oxygens (including phenoxy) is 1. The van der Waals surface area contributed by atoms with Crippen LogP contribution in [0.15, 0.2) is 0 Å². The summed E-state index contributed by atoms with van der Waals surface area (Å²) >= 11 is 0. The topological polar surface area (TPSA) is 53.1 Å². The first-order valence-electron chi connectivity index (χ1n) is 3.57. The highest BCUT2D eigenvalue weighted by Crippen LogP contribution is 2.23. The second-order valence-corrected chi connectivity index (χ2v) is 2.32. The Bertz CT molecular complexity index is 254. The highest BCUT2D eigenvalue weighted by atomic mass is 16.5. The molecule has 0 saturated heterocycles. The molecule has 11 heavy (non-hydrogen) atoms. The van der Waals surface area contributed by atoms with E-state index in [4.69, 9.17) is 10.5 Å². The summed E-state index contributed by atoms with van der Waals surface area (Å²) in [6.45, 7) is 4.64. The van der Waals surface area contributed by atoms with Gasteiger partial charge < -0.3 is 10.5 Å². The molecule has 2 N–H and O–H groups in total. The van der Waals surface area contributed by atoms with E-state index >= 15 is 0 Å². The molecular formula is C7H13N3O. The summed E-state index contributed by atoms with van der Waals surface area (Å²) in [6, 6.07) is 0. The van der Waals surface area contributed by atoms with Crippen molar-refractivity contribution in [2.24, 2.45) is 0 Å². The Balaban J connectivity index is 3.15. The first kappa shape index (κ1) is 7.91. The minimum Gasteiger partial charge on any atom is -0.480 e. The summed E-state index contributed by atoms with van der Waals surface area (Å²) in [5, 5.41) is 4.17. The van der Waals surface area contributed by atoms with E-state index in [1.807, 2.05) is 13.8 Å². The summed E-state index contributed by atoms with van der Waals surface area (Å²) < 4.78 is 6.80. The molecule has 0 atom stereocenters. The van der Waals surface area contributed by atoms with Crippen LogP contribution in [0.2, 0.25) is 0 Å². The predicted molar refractivity (Wildman–Crippen MR) is 43.6 cm³/mol. The van der Waals surface area contributed by atoms with Gasteiger partial charge in [0.15, 0.2) is 0 Å². The maximum absolute atomic E-state index is 5.68. The lowest BCUT2D eigenvalue weighted by Gasteiger charge is -2.01. The number of aromatic nitrogens is 2. The van der Waals surface area contributed by atoms with Crippen LogP contribution in [0.3, 0.4) is 0 Å². The minimum absolute atomic E-state index is 0.634. The smallest absolute Gasteiger partial charge is 0.235 e. The normalized spacial score (nSPS) is 10.1. The van der Waals surface area contributed by atoms with E-state index in [1.165, 1.54) is 0 Å². The van der Waals surface area contributed by atoms with Gasteiger partial charge in [0, 0.05) is 6.54 Å². The monoisotopic (exact) mass is 155 g/mol. The van der Waals surface area contributed by atoms with E-state index in [0.29, 0.717) is 11.6 Å². The number of nitrogen functional groups attached to an aromatic ring is 1. The molecule has 0 bridgehead atoms. The van der Waals surface area contributed by atoms with Crippen molar-refractivity contribution in [1.82, 2.24) is 9.78 Å². The van der Waals surface area contributed by atoms with Crippen molar-refractivity contribution < 1.29 is 4.74 Å². The SMILES string of the molecule is CCn1nc(C)c(N)c1OC. The van der Waals surface area contributed by atoms with Crippen molar-refractivity contribution in [3.8, 4) is 5.88 Å². The largest absolute Gasteiger partial charge is 0.480 e. The van der Waals surface area contributed by atoms with Crippen LogP contribution in [0.25, 0.3) is 0 Å². The van der Waals surface area contributed by atoms with Crippen LogP contribution < -0.4 is 10.5 Å². The van der Waals surface area contributed by atoms with Gasteiger partial charge in [-0.15, -0.1) is 0 Å². The van der Waals surface area contributed by atoms with E-state index in [9.17, 15) is 0 Å². The number of aryl methyl sites for hydroxylation is 2. The molecule has 0 aliphatic heterocycles. The molecule has 0 aliphatic rings. The Morgan fingerprint density at radius 2 is 2.27 bits per heavy atom. The van der Waals surface area contributed by atoms with E-state index in [1.54, 1.807) is 11.8 Å². The molecule has 0 aromatic carbocycles. The highest BCUT2D eigenvalue weighted by molar-refractivity contribution is 5.52. The molecule has 1 aromatic rings. The van der Waals surface area contributed by atoms with E-state index in [2.05, 4.69) is 5.10 Å². The van der Waals surface area contributed by atoms with Crippen LogP contribution in [0.5, 0.6) is 5.88 Å². The molecule has 0 fully saturated rings. The molecule has 1 rings (SSSR count). The van der Waals surface area contributed by atoms with Gasteiger partial charge in [-0.05, 0) is 13.8 Å². The fourth-order valence-corrected chi connectivity index (χ4v) is 1.00. The Hall–Kier alpha value is -1.19. The molecule has 4 nitrogen and oxygen atoms in total. The molecule has 4 heteroatoms. The van der Waals surface area contributed by atoms with Crippen molar-refractivity contribution in [2.75, 3.05) is 12.8 Å². The summed E-state index contributed by atoms with van der Waals surface area (Å²) in [4.78, 5) is 0. The van der Waals surface area contributed by atoms with Crippen LogP contribution in [0, 0.1) is 6.92 Å². The fraction of sp³-hybridized carbons (Fsp3) is 0.571. The predicted octanol–water partition coefficient (Wildman–Crippen LogP) is 0.802. The molecule has 0 unspecified atom stereocenters. The summed E-state index contributed by atoms with van der Waals surface area (Å²) in [6.07, 6.45) is 0. The first-order chi connectivity index (χ1) is 5.20. The third kappa shape index (κ3) is 1.15. The fourth-order valence-electron chi connectivity index (χ4n) is 1.00. The van der Waals surface area contributed by atoms with Gasteiger partial charge in [-0.2, -0.15) is 5.10 Å². The zero-order valence-electron chi connectivity index (χ0n) is 7.09. The zero-order chi connectivity index (χ0) is 8.43. The maximum Gasteiger partial charge on any atom is 0.235 e. The number of methoxy groups -OCH3 is 1. The van der Waals surface area contributed by atoms with Crippen molar-refractivity contribution in [2.45, 2.75) is 20.4 Å². The molecule has 0 spiro atoms. The number of nitrogens with zero attached hydrogens (tertiary/aromatic N) is 2. The summed E-state index contributed by atoms with van der Waals surface area (Å²) in [5.74, 6) is 0.657. The summed E-state index contributed by atoms with van der Waals surface area (Å²) in [5.41, 5.74) is 7.14. The van der Waals surface area contributed by atoms with E-state index in [0.717, 1.165) is 12.2 Å². The van der Waals surface area contributed by atoms with Crippen LogP contribution in [-0.4, -0.2) is 16.9 Å². The van der Waals surface area contributed by atoms with Gasteiger partial charge in [0.05, 0.1) is 12.8 Å². The third-order valence-corrected chi connectivity index (χ3v) is 1.62. The first-order valence-corrected chi connectivity index (χ1v) is 3.57. The maximum atomic E-state index is 5.68. The number of rotatable bonds is 2. The quantitative estimate of drug-likeness (QED) is 0.687. The van der Waals surface area contributed by atoms with Crippen LogP contribution in [0.1, 0.15) is 12.6 Å². The minimum atomic E-state index is 0.634. The van der Waals surface area contributed by atoms with Gasteiger partial charge in [-0.25, -0.2) is 4.68 Å². The lowest BCUT2D eigenvalue weighted by molar-refractivity contribution is 0.365. The Kier molecular flexibility index (Phi) is 2.03. The molecule has 0 amide bonds. The molecule has 0 radical (unpaired) electrons. The average Bonchev–Trinajstić information content (AvgIpc) is 2.28. The molecular weight excluding hydrogens is 142 g/mol. The van der Waals surface area contributed by atoms with Crippen molar-refractivity contribution in [3.63, 3.8) is 0 Å².